The third-order valence-corrected chi connectivity index (χ3v) is 7.95. The van der Waals surface area contributed by atoms with Gasteiger partial charge in [-0.25, -0.2) is 4.98 Å². The van der Waals surface area contributed by atoms with E-state index in [1.807, 2.05) is 17.9 Å². The Morgan fingerprint density at radius 2 is 1.84 bits per heavy atom. The van der Waals surface area contributed by atoms with Gasteiger partial charge < -0.3 is 14.5 Å². The second-order valence-corrected chi connectivity index (χ2v) is 10.2. The second-order valence-electron chi connectivity index (χ2n) is 9.17. The largest absolute Gasteiger partial charge is 0.496 e. The summed E-state index contributed by atoms with van der Waals surface area (Å²) in [6.07, 6.45) is 6.18. The summed E-state index contributed by atoms with van der Waals surface area (Å²) < 4.78 is 5.60. The number of benzene rings is 1. The quantitative estimate of drug-likeness (QED) is 0.628. The molecule has 1 aromatic carbocycles. The lowest BCUT2D eigenvalue weighted by Gasteiger charge is -2.40. The zero-order valence-corrected chi connectivity index (χ0v) is 20.1. The van der Waals surface area contributed by atoms with Crippen molar-refractivity contribution in [3.63, 3.8) is 0 Å². The molecule has 0 radical (unpaired) electrons. The highest BCUT2D eigenvalue weighted by atomic mass is 32.1. The van der Waals surface area contributed by atoms with E-state index in [1.54, 1.807) is 7.11 Å². The number of methoxy groups -OCH3 is 1. The van der Waals surface area contributed by atoms with Crippen LogP contribution in [0.15, 0.2) is 18.2 Å². The van der Waals surface area contributed by atoms with Gasteiger partial charge in [-0.3, -0.25) is 4.79 Å². The Kier molecular flexibility index (Phi) is 6.97. The molecule has 4 rings (SSSR count). The molecular formula is C25H35N3O2S. The summed E-state index contributed by atoms with van der Waals surface area (Å²) in [5.74, 6) is 1.37. The number of carbonyl (C=O) groups excluding carboxylic acids is 1. The van der Waals surface area contributed by atoms with Crippen molar-refractivity contribution >= 4 is 17.2 Å². The van der Waals surface area contributed by atoms with Gasteiger partial charge in [0.15, 0.2) is 0 Å². The third kappa shape index (κ3) is 4.80. The van der Waals surface area contributed by atoms with E-state index in [1.165, 1.54) is 49.3 Å². The smallest absolute Gasteiger partial charge is 0.265 e. The molecule has 31 heavy (non-hydrogen) atoms. The predicted molar refractivity (Wildman–Crippen MR) is 127 cm³/mol. The molecule has 2 aromatic rings. The summed E-state index contributed by atoms with van der Waals surface area (Å²) in [6, 6.07) is 6.91. The highest BCUT2D eigenvalue weighted by molar-refractivity contribution is 7.17. The highest BCUT2D eigenvalue weighted by Crippen LogP contribution is 2.37. The molecule has 1 aromatic heterocycles. The topological polar surface area (TPSA) is 45.7 Å². The monoisotopic (exact) mass is 441 g/mol. The molecule has 1 amide bonds. The van der Waals surface area contributed by atoms with E-state index in [0.717, 1.165) is 52.8 Å². The molecule has 0 aliphatic carbocycles. The van der Waals surface area contributed by atoms with Crippen molar-refractivity contribution < 1.29 is 9.53 Å². The number of aromatic nitrogens is 1. The normalized spacial score (nSPS) is 18.5. The maximum absolute atomic E-state index is 13.3. The van der Waals surface area contributed by atoms with Crippen molar-refractivity contribution in [2.45, 2.75) is 64.8 Å². The van der Waals surface area contributed by atoms with E-state index < -0.39 is 0 Å². The van der Waals surface area contributed by atoms with Crippen LogP contribution in [0.3, 0.4) is 0 Å². The third-order valence-electron chi connectivity index (χ3n) is 6.77. The standard InChI is InChI=1S/C25H35N3O2S/c1-17(2)19-8-9-22(30-4)21(16-19)24-26-18(3)23(31-24)25(29)28-14-10-20(11-15-28)27-12-6-5-7-13-27/h8-9,16-17,20H,5-7,10-15H2,1-4H3. The number of carbonyl (C=O) groups is 1. The Labute approximate surface area is 190 Å². The van der Waals surface area contributed by atoms with Gasteiger partial charge >= 0.3 is 0 Å². The average molecular weight is 442 g/mol. The van der Waals surface area contributed by atoms with Gasteiger partial charge in [-0.1, -0.05) is 26.3 Å². The van der Waals surface area contributed by atoms with Gasteiger partial charge in [-0.2, -0.15) is 0 Å². The minimum Gasteiger partial charge on any atom is -0.496 e. The number of rotatable bonds is 5. The highest BCUT2D eigenvalue weighted by Gasteiger charge is 2.30. The Balaban J connectivity index is 1.49. The minimum absolute atomic E-state index is 0.136. The van der Waals surface area contributed by atoms with Crippen molar-refractivity contribution in [3.8, 4) is 16.3 Å². The molecule has 0 N–H and O–H groups in total. The average Bonchev–Trinajstić information content (AvgIpc) is 3.20. The molecule has 6 heteroatoms. The molecule has 168 valence electrons. The van der Waals surface area contributed by atoms with Gasteiger partial charge in [-0.15, -0.1) is 11.3 Å². The molecule has 2 fully saturated rings. The van der Waals surface area contributed by atoms with Crippen LogP contribution in [-0.2, 0) is 0 Å². The van der Waals surface area contributed by atoms with Gasteiger partial charge in [-0.05, 0) is 69.3 Å². The number of thiazole rings is 1. The van der Waals surface area contributed by atoms with E-state index in [2.05, 4.69) is 30.9 Å². The van der Waals surface area contributed by atoms with Crippen molar-refractivity contribution in [1.82, 2.24) is 14.8 Å². The van der Waals surface area contributed by atoms with Crippen molar-refractivity contribution in [2.24, 2.45) is 0 Å². The summed E-state index contributed by atoms with van der Waals surface area (Å²) in [4.78, 5) is 23.6. The van der Waals surface area contributed by atoms with E-state index in [9.17, 15) is 4.79 Å². The number of nitrogens with zero attached hydrogens (tertiary/aromatic N) is 3. The minimum atomic E-state index is 0.136. The first-order valence-corrected chi connectivity index (χ1v) is 12.5. The van der Waals surface area contributed by atoms with Crippen LogP contribution < -0.4 is 4.74 Å². The summed E-state index contributed by atoms with van der Waals surface area (Å²) in [7, 11) is 1.69. The summed E-state index contributed by atoms with van der Waals surface area (Å²) >= 11 is 1.50. The number of amides is 1. The van der Waals surface area contributed by atoms with E-state index >= 15 is 0 Å². The van der Waals surface area contributed by atoms with Crippen LogP contribution in [0.1, 0.15) is 72.8 Å². The van der Waals surface area contributed by atoms with Gasteiger partial charge in [0.1, 0.15) is 15.6 Å². The van der Waals surface area contributed by atoms with Crippen molar-refractivity contribution in [1.29, 1.82) is 0 Å². The zero-order chi connectivity index (χ0) is 22.0. The lowest BCUT2D eigenvalue weighted by Crippen LogP contribution is -2.48. The van der Waals surface area contributed by atoms with Crippen LogP contribution >= 0.6 is 11.3 Å². The number of piperidine rings is 2. The van der Waals surface area contributed by atoms with Gasteiger partial charge in [0.25, 0.3) is 5.91 Å². The first-order valence-electron chi connectivity index (χ1n) is 11.7. The lowest BCUT2D eigenvalue weighted by atomic mass is 10.00. The van der Waals surface area contributed by atoms with E-state index in [0.29, 0.717) is 12.0 Å². The number of aryl methyl sites for hydroxylation is 1. The first-order chi connectivity index (χ1) is 15.0. The molecule has 0 saturated carbocycles. The Hall–Kier alpha value is -1.92. The molecule has 2 saturated heterocycles. The lowest BCUT2D eigenvalue weighted by molar-refractivity contribution is 0.0593. The fraction of sp³-hybridized carbons (Fsp3) is 0.600. The summed E-state index contributed by atoms with van der Waals surface area (Å²) in [6.45, 7) is 10.5. The van der Waals surface area contributed by atoms with Crippen molar-refractivity contribution in [3.05, 3.63) is 34.3 Å². The summed E-state index contributed by atoms with van der Waals surface area (Å²) in [5.41, 5.74) is 3.04. The molecule has 3 heterocycles. The van der Waals surface area contributed by atoms with Crippen LogP contribution in [0.2, 0.25) is 0 Å². The fourth-order valence-corrected chi connectivity index (χ4v) is 5.88. The van der Waals surface area contributed by atoms with Crippen LogP contribution in [0, 0.1) is 6.92 Å². The maximum Gasteiger partial charge on any atom is 0.265 e. The number of ether oxygens (including phenoxy) is 1. The molecule has 2 aliphatic rings. The Morgan fingerprint density at radius 3 is 2.48 bits per heavy atom. The van der Waals surface area contributed by atoms with E-state index in [4.69, 9.17) is 9.72 Å². The Morgan fingerprint density at radius 1 is 1.13 bits per heavy atom. The van der Waals surface area contributed by atoms with Gasteiger partial charge in [0.05, 0.1) is 18.4 Å². The molecule has 0 spiro atoms. The van der Waals surface area contributed by atoms with Crippen LogP contribution in [0.25, 0.3) is 10.6 Å². The fourth-order valence-electron chi connectivity index (χ4n) is 4.82. The second kappa shape index (κ2) is 9.70. The molecule has 0 unspecified atom stereocenters. The number of hydrogen-bond donors (Lipinski definition) is 0. The molecule has 2 aliphatic heterocycles. The summed E-state index contributed by atoms with van der Waals surface area (Å²) in [5, 5.41) is 0.864. The van der Waals surface area contributed by atoms with Crippen LogP contribution in [0.5, 0.6) is 5.75 Å². The van der Waals surface area contributed by atoms with E-state index in [-0.39, 0.29) is 5.91 Å². The zero-order valence-electron chi connectivity index (χ0n) is 19.3. The molecule has 5 nitrogen and oxygen atoms in total. The predicted octanol–water partition coefficient (Wildman–Crippen LogP) is 5.34. The maximum atomic E-state index is 13.3. The molecule has 0 atom stereocenters. The van der Waals surface area contributed by atoms with Crippen LogP contribution in [0.4, 0.5) is 0 Å². The first kappa shape index (κ1) is 22.3. The SMILES string of the molecule is COc1ccc(C(C)C)cc1-c1nc(C)c(C(=O)N2CCC(N3CCCCC3)CC2)s1. The molecule has 0 bridgehead atoms. The molecular weight excluding hydrogens is 406 g/mol. The number of likely N-dealkylation sites (tertiary alicyclic amines) is 2. The van der Waals surface area contributed by atoms with Gasteiger partial charge in [0.2, 0.25) is 0 Å². The van der Waals surface area contributed by atoms with Crippen LogP contribution in [-0.4, -0.2) is 60.0 Å². The van der Waals surface area contributed by atoms with Gasteiger partial charge in [0, 0.05) is 19.1 Å². The van der Waals surface area contributed by atoms with Crippen molar-refractivity contribution in [2.75, 3.05) is 33.3 Å². The Bertz CT molecular complexity index is 909. The number of hydrogen-bond acceptors (Lipinski definition) is 5.